The molecule has 0 aliphatic heterocycles. The molecule has 1 aromatic rings. The lowest BCUT2D eigenvalue weighted by atomic mass is 10.4. The van der Waals surface area contributed by atoms with E-state index in [1.54, 1.807) is 6.92 Å². The van der Waals surface area contributed by atoms with E-state index in [0.29, 0.717) is 18.1 Å². The smallest absolute Gasteiger partial charge is 0.404 e. The molecule has 0 saturated carbocycles. The number of carbonyl (C=O) groups is 1. The van der Waals surface area contributed by atoms with E-state index in [4.69, 9.17) is 9.63 Å². The molecule has 6 heteroatoms. The summed E-state index contributed by atoms with van der Waals surface area (Å²) in [5.74, 6) is 1.00. The van der Waals surface area contributed by atoms with Gasteiger partial charge in [-0.25, -0.2) is 4.79 Å². The summed E-state index contributed by atoms with van der Waals surface area (Å²) < 4.78 is 4.75. The number of rotatable bonds is 3. The summed E-state index contributed by atoms with van der Waals surface area (Å²) in [4.78, 5) is 13.9. The largest absolute Gasteiger partial charge is 0.465 e. The van der Waals surface area contributed by atoms with Crippen molar-refractivity contribution in [3.63, 3.8) is 0 Å². The van der Waals surface area contributed by atoms with Gasteiger partial charge in [0, 0.05) is 13.0 Å². The summed E-state index contributed by atoms with van der Waals surface area (Å²) in [7, 11) is 0. The van der Waals surface area contributed by atoms with Crippen LogP contribution in [0.3, 0.4) is 0 Å². The Labute approximate surface area is 68.6 Å². The minimum atomic E-state index is -1.05. The van der Waals surface area contributed by atoms with Crippen molar-refractivity contribution in [1.29, 1.82) is 0 Å². The summed E-state index contributed by atoms with van der Waals surface area (Å²) >= 11 is 0. The minimum absolute atomic E-state index is 0.289. The predicted molar refractivity (Wildman–Crippen MR) is 38.8 cm³/mol. The summed E-state index contributed by atoms with van der Waals surface area (Å²) in [6.45, 7) is 1.99. The highest BCUT2D eigenvalue weighted by Crippen LogP contribution is 1.95. The van der Waals surface area contributed by atoms with Crippen molar-refractivity contribution in [1.82, 2.24) is 15.5 Å². The molecule has 66 valence electrons. The van der Waals surface area contributed by atoms with Crippen LogP contribution in [0.25, 0.3) is 0 Å². The monoisotopic (exact) mass is 171 g/mol. The van der Waals surface area contributed by atoms with Crippen molar-refractivity contribution < 1.29 is 14.4 Å². The van der Waals surface area contributed by atoms with E-state index in [-0.39, 0.29) is 6.54 Å². The molecule has 6 nitrogen and oxygen atoms in total. The maximum absolute atomic E-state index is 10.0. The van der Waals surface area contributed by atoms with Gasteiger partial charge in [-0.2, -0.15) is 4.98 Å². The van der Waals surface area contributed by atoms with Crippen molar-refractivity contribution in [3.05, 3.63) is 11.7 Å². The number of nitrogens with one attached hydrogen (secondary N) is 1. The van der Waals surface area contributed by atoms with Gasteiger partial charge in [0.05, 0.1) is 0 Å². The van der Waals surface area contributed by atoms with Crippen LogP contribution in [0, 0.1) is 6.92 Å². The van der Waals surface area contributed by atoms with E-state index < -0.39 is 6.09 Å². The molecule has 0 spiro atoms. The number of aromatic nitrogens is 2. The van der Waals surface area contributed by atoms with E-state index in [1.165, 1.54) is 0 Å². The molecule has 0 aliphatic rings. The lowest BCUT2D eigenvalue weighted by Gasteiger charge is -1.94. The molecule has 0 atom stereocenters. The third-order valence-electron chi connectivity index (χ3n) is 1.18. The molecule has 0 unspecified atom stereocenters. The van der Waals surface area contributed by atoms with Gasteiger partial charge in [0.25, 0.3) is 0 Å². The molecule has 1 rings (SSSR count). The first kappa shape index (κ1) is 8.51. The van der Waals surface area contributed by atoms with Crippen LogP contribution < -0.4 is 5.32 Å². The molecule has 1 aromatic heterocycles. The number of nitrogens with zero attached hydrogens (tertiary/aromatic N) is 2. The molecule has 0 aliphatic carbocycles. The Hall–Kier alpha value is -1.59. The molecular formula is C6H9N3O3. The van der Waals surface area contributed by atoms with Crippen LogP contribution in [-0.2, 0) is 6.42 Å². The normalized spacial score (nSPS) is 9.75. The first-order valence-electron chi connectivity index (χ1n) is 3.44. The van der Waals surface area contributed by atoms with E-state index in [0.717, 1.165) is 0 Å². The van der Waals surface area contributed by atoms with Gasteiger partial charge < -0.3 is 14.9 Å². The molecule has 0 bridgehead atoms. The molecule has 2 N–H and O–H groups in total. The fourth-order valence-electron chi connectivity index (χ4n) is 0.718. The number of amides is 1. The van der Waals surface area contributed by atoms with Crippen LogP contribution >= 0.6 is 0 Å². The number of hydrogen-bond acceptors (Lipinski definition) is 4. The lowest BCUT2D eigenvalue weighted by Crippen LogP contribution is -2.23. The fraction of sp³-hybridized carbons (Fsp3) is 0.500. The van der Waals surface area contributed by atoms with Gasteiger partial charge in [0.15, 0.2) is 5.82 Å². The van der Waals surface area contributed by atoms with E-state index in [9.17, 15) is 4.79 Å². The van der Waals surface area contributed by atoms with E-state index in [2.05, 4.69) is 15.5 Å². The Kier molecular flexibility index (Phi) is 2.62. The number of carboxylic acid groups (broad SMARTS) is 1. The zero-order valence-electron chi connectivity index (χ0n) is 6.57. The van der Waals surface area contributed by atoms with Gasteiger partial charge in [0.2, 0.25) is 5.89 Å². The van der Waals surface area contributed by atoms with Crippen LogP contribution in [0.5, 0.6) is 0 Å². The lowest BCUT2D eigenvalue weighted by molar-refractivity contribution is 0.194. The van der Waals surface area contributed by atoms with Gasteiger partial charge in [-0.3, -0.25) is 0 Å². The second-order valence-electron chi connectivity index (χ2n) is 2.22. The molecule has 0 fully saturated rings. The van der Waals surface area contributed by atoms with Crippen molar-refractivity contribution in [2.24, 2.45) is 0 Å². The third-order valence-corrected chi connectivity index (χ3v) is 1.18. The van der Waals surface area contributed by atoms with Gasteiger partial charge in [-0.05, 0) is 6.92 Å². The van der Waals surface area contributed by atoms with Crippen molar-refractivity contribution in [2.45, 2.75) is 13.3 Å². The van der Waals surface area contributed by atoms with Gasteiger partial charge >= 0.3 is 6.09 Å². The highest BCUT2D eigenvalue weighted by Gasteiger charge is 2.02. The highest BCUT2D eigenvalue weighted by molar-refractivity contribution is 5.64. The summed E-state index contributed by atoms with van der Waals surface area (Å²) in [5, 5.41) is 14.0. The maximum atomic E-state index is 10.0. The zero-order valence-corrected chi connectivity index (χ0v) is 6.57. The molecule has 1 amide bonds. The Morgan fingerprint density at radius 3 is 3.00 bits per heavy atom. The zero-order chi connectivity index (χ0) is 8.97. The van der Waals surface area contributed by atoms with Crippen molar-refractivity contribution in [3.8, 4) is 0 Å². The molecular weight excluding hydrogens is 162 g/mol. The summed E-state index contributed by atoms with van der Waals surface area (Å²) in [6, 6.07) is 0. The van der Waals surface area contributed by atoms with Crippen LogP contribution in [0.2, 0.25) is 0 Å². The molecule has 0 radical (unpaired) electrons. The second-order valence-corrected chi connectivity index (χ2v) is 2.22. The van der Waals surface area contributed by atoms with Crippen LogP contribution in [0.15, 0.2) is 4.52 Å². The van der Waals surface area contributed by atoms with Crippen LogP contribution in [0.4, 0.5) is 4.79 Å². The topological polar surface area (TPSA) is 88.2 Å². The Morgan fingerprint density at radius 1 is 1.75 bits per heavy atom. The predicted octanol–water partition coefficient (Wildman–Crippen LogP) is 0.188. The Balaban J connectivity index is 2.29. The Bertz CT molecular complexity index is 271. The SMILES string of the molecule is Cc1noc(CCNC(=O)O)n1. The number of aryl methyl sites for hydroxylation is 1. The third kappa shape index (κ3) is 2.57. The van der Waals surface area contributed by atoms with Crippen LogP contribution in [0.1, 0.15) is 11.7 Å². The standard InChI is InChI=1S/C6H9N3O3/c1-4-8-5(12-9-4)2-3-7-6(10)11/h7H,2-3H2,1H3,(H,10,11). The molecule has 0 saturated heterocycles. The first-order valence-corrected chi connectivity index (χ1v) is 3.44. The molecule has 0 aromatic carbocycles. The molecule has 1 heterocycles. The maximum Gasteiger partial charge on any atom is 0.404 e. The Morgan fingerprint density at radius 2 is 2.50 bits per heavy atom. The van der Waals surface area contributed by atoms with Gasteiger partial charge in [-0.15, -0.1) is 0 Å². The van der Waals surface area contributed by atoms with E-state index >= 15 is 0 Å². The van der Waals surface area contributed by atoms with E-state index in [1.807, 2.05) is 0 Å². The average molecular weight is 171 g/mol. The van der Waals surface area contributed by atoms with Gasteiger partial charge in [-0.1, -0.05) is 5.16 Å². The summed E-state index contributed by atoms with van der Waals surface area (Å²) in [6.07, 6.45) is -0.626. The van der Waals surface area contributed by atoms with Gasteiger partial charge in [0.1, 0.15) is 0 Å². The summed E-state index contributed by atoms with van der Waals surface area (Å²) in [5.41, 5.74) is 0. The quantitative estimate of drug-likeness (QED) is 0.677. The minimum Gasteiger partial charge on any atom is -0.465 e. The average Bonchev–Trinajstić information content (AvgIpc) is 2.35. The second kappa shape index (κ2) is 3.70. The molecule has 12 heavy (non-hydrogen) atoms. The van der Waals surface area contributed by atoms with Crippen molar-refractivity contribution >= 4 is 6.09 Å². The van der Waals surface area contributed by atoms with Crippen molar-refractivity contribution in [2.75, 3.05) is 6.54 Å². The van der Waals surface area contributed by atoms with Crippen LogP contribution in [-0.4, -0.2) is 27.9 Å². The number of hydrogen-bond donors (Lipinski definition) is 2. The fourth-order valence-corrected chi connectivity index (χ4v) is 0.718. The first-order chi connectivity index (χ1) is 5.68. The highest BCUT2D eigenvalue weighted by atomic mass is 16.5.